The van der Waals surface area contributed by atoms with E-state index in [1.165, 1.54) is 0 Å². The Labute approximate surface area is 108 Å². The van der Waals surface area contributed by atoms with Gasteiger partial charge in [-0.2, -0.15) is 0 Å². The van der Waals surface area contributed by atoms with Gasteiger partial charge in [-0.3, -0.25) is 4.79 Å². The van der Waals surface area contributed by atoms with Crippen LogP contribution in [0.5, 0.6) is 0 Å². The highest BCUT2D eigenvalue weighted by molar-refractivity contribution is 5.91. The second-order valence-corrected chi connectivity index (χ2v) is 4.31. The van der Waals surface area contributed by atoms with Crippen molar-refractivity contribution in [1.82, 2.24) is 10.6 Å². The van der Waals surface area contributed by atoms with Crippen molar-refractivity contribution in [3.63, 3.8) is 0 Å². The molecule has 1 aromatic carbocycles. The smallest absolute Gasteiger partial charge is 0.230 e. The molecule has 0 bridgehead atoms. The molecule has 0 saturated heterocycles. The summed E-state index contributed by atoms with van der Waals surface area (Å²) in [6.07, 6.45) is 1.95. The molecule has 1 aliphatic rings. The standard InChI is InChI=1S/C13H18N2O.ClH/c1-14-9-10-15-12(16)13(7-8-13)11-5-3-2-4-6-11;/h2-6,14H,7-10H2,1H3,(H,15,16);1H. The second kappa shape index (κ2) is 6.03. The molecule has 0 aromatic heterocycles. The lowest BCUT2D eigenvalue weighted by Gasteiger charge is -2.15. The van der Waals surface area contributed by atoms with Gasteiger partial charge in [0, 0.05) is 13.1 Å². The molecule has 1 fully saturated rings. The highest BCUT2D eigenvalue weighted by Gasteiger charge is 2.50. The molecule has 1 aliphatic carbocycles. The average molecular weight is 255 g/mol. The average Bonchev–Trinajstić information content (AvgIpc) is 3.12. The first-order valence-electron chi connectivity index (χ1n) is 5.78. The molecule has 3 nitrogen and oxygen atoms in total. The summed E-state index contributed by atoms with van der Waals surface area (Å²) in [5.41, 5.74) is 0.923. The van der Waals surface area contributed by atoms with Gasteiger partial charge in [-0.25, -0.2) is 0 Å². The molecule has 2 rings (SSSR count). The van der Waals surface area contributed by atoms with Crippen molar-refractivity contribution in [2.45, 2.75) is 18.3 Å². The molecular weight excluding hydrogens is 236 g/mol. The van der Waals surface area contributed by atoms with Crippen LogP contribution >= 0.6 is 12.4 Å². The van der Waals surface area contributed by atoms with Gasteiger partial charge in [-0.05, 0) is 25.5 Å². The normalized spacial score (nSPS) is 15.8. The summed E-state index contributed by atoms with van der Waals surface area (Å²) in [7, 11) is 1.89. The Morgan fingerprint density at radius 2 is 1.88 bits per heavy atom. The largest absolute Gasteiger partial charge is 0.354 e. The van der Waals surface area contributed by atoms with E-state index >= 15 is 0 Å². The molecule has 4 heteroatoms. The first-order chi connectivity index (χ1) is 7.79. The molecule has 0 heterocycles. The molecule has 0 radical (unpaired) electrons. The van der Waals surface area contributed by atoms with Crippen LogP contribution in [0.4, 0.5) is 0 Å². The summed E-state index contributed by atoms with van der Waals surface area (Å²) in [5, 5.41) is 6.00. The number of hydrogen-bond acceptors (Lipinski definition) is 2. The fourth-order valence-corrected chi connectivity index (χ4v) is 2.00. The fraction of sp³-hybridized carbons (Fsp3) is 0.462. The Hall–Kier alpha value is -1.06. The molecule has 1 saturated carbocycles. The van der Waals surface area contributed by atoms with Gasteiger partial charge in [0.15, 0.2) is 0 Å². The number of amides is 1. The number of halogens is 1. The van der Waals surface area contributed by atoms with Crippen molar-refractivity contribution in [1.29, 1.82) is 0 Å². The van der Waals surface area contributed by atoms with Gasteiger partial charge < -0.3 is 10.6 Å². The van der Waals surface area contributed by atoms with Crippen molar-refractivity contribution in [2.24, 2.45) is 0 Å². The van der Waals surface area contributed by atoms with E-state index in [0.29, 0.717) is 6.54 Å². The summed E-state index contributed by atoms with van der Waals surface area (Å²) in [5.74, 6) is 0.175. The van der Waals surface area contributed by atoms with Gasteiger partial charge in [0.1, 0.15) is 0 Å². The molecular formula is C13H19ClN2O. The van der Waals surface area contributed by atoms with Crippen LogP contribution in [0.2, 0.25) is 0 Å². The highest BCUT2D eigenvalue weighted by Crippen LogP contribution is 2.48. The fourth-order valence-electron chi connectivity index (χ4n) is 2.00. The topological polar surface area (TPSA) is 41.1 Å². The second-order valence-electron chi connectivity index (χ2n) is 4.31. The van der Waals surface area contributed by atoms with Gasteiger partial charge in [0.05, 0.1) is 5.41 Å². The number of carbonyl (C=O) groups excluding carboxylic acids is 1. The molecule has 1 amide bonds. The quantitative estimate of drug-likeness (QED) is 0.782. The van der Waals surface area contributed by atoms with Crippen LogP contribution in [0.15, 0.2) is 30.3 Å². The number of carbonyl (C=O) groups is 1. The van der Waals surface area contributed by atoms with E-state index in [2.05, 4.69) is 10.6 Å². The van der Waals surface area contributed by atoms with Crippen LogP contribution in [0, 0.1) is 0 Å². The minimum absolute atomic E-state index is 0. The predicted molar refractivity (Wildman–Crippen MR) is 71.5 cm³/mol. The zero-order valence-electron chi connectivity index (χ0n) is 10.0. The summed E-state index contributed by atoms with van der Waals surface area (Å²) in [4.78, 5) is 12.1. The number of nitrogens with one attached hydrogen (secondary N) is 2. The van der Waals surface area contributed by atoms with Gasteiger partial charge >= 0.3 is 0 Å². The molecule has 0 aliphatic heterocycles. The maximum atomic E-state index is 12.1. The maximum Gasteiger partial charge on any atom is 0.230 e. The van der Waals surface area contributed by atoms with E-state index in [1.807, 2.05) is 37.4 Å². The van der Waals surface area contributed by atoms with E-state index in [0.717, 1.165) is 24.9 Å². The minimum Gasteiger partial charge on any atom is -0.354 e. The monoisotopic (exact) mass is 254 g/mol. The molecule has 17 heavy (non-hydrogen) atoms. The third kappa shape index (κ3) is 2.99. The van der Waals surface area contributed by atoms with Crippen molar-refractivity contribution >= 4 is 18.3 Å². The Kier molecular flexibility index (Phi) is 4.97. The van der Waals surface area contributed by atoms with Gasteiger partial charge in [0.25, 0.3) is 0 Å². The molecule has 1 aromatic rings. The van der Waals surface area contributed by atoms with E-state index < -0.39 is 0 Å². The zero-order valence-corrected chi connectivity index (χ0v) is 10.8. The number of likely N-dealkylation sites (N-methyl/N-ethyl adjacent to an activating group) is 1. The lowest BCUT2D eigenvalue weighted by molar-refractivity contribution is -0.123. The maximum absolute atomic E-state index is 12.1. The van der Waals surface area contributed by atoms with Crippen molar-refractivity contribution in [2.75, 3.05) is 20.1 Å². The third-order valence-corrected chi connectivity index (χ3v) is 3.17. The van der Waals surface area contributed by atoms with Crippen LogP contribution in [0.25, 0.3) is 0 Å². The zero-order chi connectivity index (χ0) is 11.4. The highest BCUT2D eigenvalue weighted by atomic mass is 35.5. The predicted octanol–water partition coefficient (Wildman–Crippen LogP) is 1.48. The number of rotatable bonds is 5. The van der Waals surface area contributed by atoms with E-state index in [9.17, 15) is 4.79 Å². The van der Waals surface area contributed by atoms with Crippen molar-refractivity contribution in [3.05, 3.63) is 35.9 Å². The van der Waals surface area contributed by atoms with Gasteiger partial charge in [0.2, 0.25) is 5.91 Å². The molecule has 2 N–H and O–H groups in total. The first-order valence-corrected chi connectivity index (χ1v) is 5.78. The van der Waals surface area contributed by atoms with Gasteiger partial charge in [-0.15, -0.1) is 12.4 Å². The molecule has 94 valence electrons. The third-order valence-electron chi connectivity index (χ3n) is 3.17. The molecule has 0 spiro atoms. The van der Waals surface area contributed by atoms with E-state index in [4.69, 9.17) is 0 Å². The minimum atomic E-state index is -0.227. The lowest BCUT2D eigenvalue weighted by atomic mass is 9.95. The Morgan fingerprint density at radius 3 is 2.41 bits per heavy atom. The van der Waals surface area contributed by atoms with Crippen molar-refractivity contribution < 1.29 is 4.79 Å². The van der Waals surface area contributed by atoms with Crippen molar-refractivity contribution in [3.8, 4) is 0 Å². The van der Waals surface area contributed by atoms with Crippen LogP contribution in [0.1, 0.15) is 18.4 Å². The first kappa shape index (κ1) is 14.0. The van der Waals surface area contributed by atoms with Crippen LogP contribution in [-0.4, -0.2) is 26.0 Å². The van der Waals surface area contributed by atoms with Gasteiger partial charge in [-0.1, -0.05) is 30.3 Å². The van der Waals surface area contributed by atoms with E-state index in [1.54, 1.807) is 0 Å². The van der Waals surface area contributed by atoms with E-state index in [-0.39, 0.29) is 23.7 Å². The number of hydrogen-bond donors (Lipinski definition) is 2. The molecule has 0 unspecified atom stereocenters. The summed E-state index contributed by atoms with van der Waals surface area (Å²) >= 11 is 0. The van der Waals surface area contributed by atoms with Crippen LogP contribution < -0.4 is 10.6 Å². The summed E-state index contributed by atoms with van der Waals surface area (Å²) in [6.45, 7) is 1.51. The Morgan fingerprint density at radius 1 is 1.24 bits per heavy atom. The summed E-state index contributed by atoms with van der Waals surface area (Å²) < 4.78 is 0. The SMILES string of the molecule is CNCCNC(=O)C1(c2ccccc2)CC1.Cl. The summed E-state index contributed by atoms with van der Waals surface area (Å²) in [6, 6.07) is 10.1. The Balaban J connectivity index is 0.00000144. The lowest BCUT2D eigenvalue weighted by Crippen LogP contribution is -2.38. The molecule has 0 atom stereocenters. The number of benzene rings is 1. The van der Waals surface area contributed by atoms with Crippen LogP contribution in [-0.2, 0) is 10.2 Å². The Bertz CT molecular complexity index is 363. The van der Waals surface area contributed by atoms with Crippen LogP contribution in [0.3, 0.4) is 0 Å².